The first-order valence-corrected chi connectivity index (χ1v) is 6.29. The maximum atomic E-state index is 6.10. The van der Waals surface area contributed by atoms with Crippen molar-refractivity contribution >= 4 is 11.3 Å². The molecule has 2 N–H and O–H groups in total. The molecule has 1 saturated carbocycles. The van der Waals surface area contributed by atoms with Crippen LogP contribution in [0, 0.1) is 5.41 Å². The van der Waals surface area contributed by atoms with Crippen LogP contribution in [0.4, 0.5) is 0 Å². The minimum atomic E-state index is 0.346. The molecule has 1 fully saturated rings. The first-order valence-electron chi connectivity index (χ1n) is 5.48. The molecule has 0 bridgehead atoms. The van der Waals surface area contributed by atoms with E-state index in [1.165, 1.54) is 19.3 Å². The van der Waals surface area contributed by atoms with Gasteiger partial charge in [-0.2, -0.15) is 0 Å². The number of nitrogens with two attached hydrogens (primary N) is 1. The number of fused-ring (bicyclic) bond motifs is 1. The summed E-state index contributed by atoms with van der Waals surface area (Å²) in [5, 5.41) is 0. The van der Waals surface area contributed by atoms with Gasteiger partial charge in [0.15, 0.2) is 0 Å². The van der Waals surface area contributed by atoms with Gasteiger partial charge in [0.05, 0.1) is 0 Å². The molecule has 3 rings (SSSR count). The van der Waals surface area contributed by atoms with E-state index in [9.17, 15) is 0 Å². The molecule has 0 radical (unpaired) electrons. The molecule has 1 aromatic rings. The maximum absolute atomic E-state index is 6.10. The van der Waals surface area contributed by atoms with Gasteiger partial charge in [-0.25, -0.2) is 0 Å². The topological polar surface area (TPSA) is 26.0 Å². The van der Waals surface area contributed by atoms with Crippen LogP contribution in [0.25, 0.3) is 0 Å². The normalized spacial score (nSPS) is 33.1. The van der Waals surface area contributed by atoms with Crippen molar-refractivity contribution < 1.29 is 0 Å². The number of hydrogen-bond donors (Lipinski definition) is 1. The zero-order valence-corrected chi connectivity index (χ0v) is 9.66. The van der Waals surface area contributed by atoms with E-state index in [4.69, 9.17) is 5.73 Å². The summed E-state index contributed by atoms with van der Waals surface area (Å²) in [7, 11) is 0. The maximum Gasteiger partial charge on any atom is 0.0180 e. The highest BCUT2D eigenvalue weighted by Crippen LogP contribution is 2.59. The van der Waals surface area contributed by atoms with Crippen molar-refractivity contribution in [3.8, 4) is 0 Å². The average molecular weight is 207 g/mol. The summed E-state index contributed by atoms with van der Waals surface area (Å²) in [6.07, 6.45) is 3.97. The van der Waals surface area contributed by atoms with Gasteiger partial charge in [-0.15, -0.1) is 11.3 Å². The Morgan fingerprint density at radius 3 is 2.71 bits per heavy atom. The van der Waals surface area contributed by atoms with Crippen LogP contribution in [0.3, 0.4) is 0 Å². The van der Waals surface area contributed by atoms with E-state index in [-0.39, 0.29) is 0 Å². The Kier molecular flexibility index (Phi) is 1.67. The molecular weight excluding hydrogens is 190 g/mol. The van der Waals surface area contributed by atoms with Gasteiger partial charge in [-0.05, 0) is 36.3 Å². The van der Waals surface area contributed by atoms with Gasteiger partial charge in [0.25, 0.3) is 0 Å². The second-order valence-electron chi connectivity index (χ2n) is 5.28. The van der Waals surface area contributed by atoms with E-state index in [2.05, 4.69) is 19.9 Å². The lowest BCUT2D eigenvalue weighted by atomic mass is 10.1. The van der Waals surface area contributed by atoms with Crippen molar-refractivity contribution in [2.45, 2.75) is 45.1 Å². The van der Waals surface area contributed by atoms with Gasteiger partial charge in [-0.3, -0.25) is 0 Å². The minimum absolute atomic E-state index is 0.346. The highest BCUT2D eigenvalue weighted by Gasteiger charge is 2.56. The van der Waals surface area contributed by atoms with Crippen molar-refractivity contribution in [1.82, 2.24) is 0 Å². The molecule has 2 aliphatic carbocycles. The van der Waals surface area contributed by atoms with Crippen molar-refractivity contribution in [2.75, 3.05) is 0 Å². The summed E-state index contributed by atoms with van der Waals surface area (Å²) in [4.78, 5) is 3.18. The van der Waals surface area contributed by atoms with Crippen LogP contribution in [-0.2, 0) is 12.8 Å². The fourth-order valence-corrected chi connectivity index (χ4v) is 4.33. The zero-order valence-electron chi connectivity index (χ0n) is 8.84. The van der Waals surface area contributed by atoms with Crippen LogP contribution in [0.2, 0.25) is 0 Å². The third-order valence-electron chi connectivity index (χ3n) is 3.98. The van der Waals surface area contributed by atoms with Gasteiger partial charge in [0.2, 0.25) is 0 Å². The summed E-state index contributed by atoms with van der Waals surface area (Å²) in [5.74, 6) is 0.637. The van der Waals surface area contributed by atoms with Gasteiger partial charge < -0.3 is 5.73 Å². The summed E-state index contributed by atoms with van der Waals surface area (Å²) in [5.41, 5.74) is 8.06. The van der Waals surface area contributed by atoms with Gasteiger partial charge in [0, 0.05) is 21.7 Å². The molecule has 2 atom stereocenters. The fraction of sp³-hybridized carbons (Fsp3) is 0.667. The van der Waals surface area contributed by atoms with Crippen molar-refractivity contribution in [2.24, 2.45) is 11.1 Å². The van der Waals surface area contributed by atoms with Crippen molar-refractivity contribution in [1.29, 1.82) is 0 Å². The molecule has 0 spiro atoms. The van der Waals surface area contributed by atoms with Crippen molar-refractivity contribution in [3.05, 3.63) is 21.4 Å². The molecule has 0 amide bonds. The minimum Gasteiger partial charge on any atom is -0.327 e. The SMILES string of the molecule is CC1(C)[C@H](N)[C@H]1c1cc2c(s1)CCC2. The summed E-state index contributed by atoms with van der Waals surface area (Å²) >= 11 is 2.02. The number of hydrogen-bond acceptors (Lipinski definition) is 2. The molecule has 1 heterocycles. The van der Waals surface area contributed by atoms with Crippen LogP contribution in [0.15, 0.2) is 6.07 Å². The highest BCUT2D eigenvalue weighted by atomic mass is 32.1. The molecule has 1 aromatic heterocycles. The Hall–Kier alpha value is -0.340. The highest BCUT2D eigenvalue weighted by molar-refractivity contribution is 7.12. The van der Waals surface area contributed by atoms with Gasteiger partial charge >= 0.3 is 0 Å². The van der Waals surface area contributed by atoms with Gasteiger partial charge in [-0.1, -0.05) is 13.8 Å². The van der Waals surface area contributed by atoms with Crippen LogP contribution in [0.1, 0.15) is 41.5 Å². The lowest BCUT2D eigenvalue weighted by Gasteiger charge is -1.98. The molecule has 2 heteroatoms. The Labute approximate surface area is 89.3 Å². The van der Waals surface area contributed by atoms with Gasteiger partial charge in [0.1, 0.15) is 0 Å². The molecule has 1 nitrogen and oxygen atoms in total. The zero-order chi connectivity index (χ0) is 9.92. The number of rotatable bonds is 1. The monoisotopic (exact) mass is 207 g/mol. The third kappa shape index (κ3) is 1.04. The van der Waals surface area contributed by atoms with Crippen LogP contribution in [-0.4, -0.2) is 6.04 Å². The molecule has 0 saturated heterocycles. The smallest absolute Gasteiger partial charge is 0.0180 e. The summed E-state index contributed by atoms with van der Waals surface area (Å²) in [6.45, 7) is 4.57. The second kappa shape index (κ2) is 2.61. The molecule has 14 heavy (non-hydrogen) atoms. The van der Waals surface area contributed by atoms with E-state index in [0.29, 0.717) is 17.4 Å². The van der Waals surface area contributed by atoms with E-state index in [0.717, 1.165) is 0 Å². The largest absolute Gasteiger partial charge is 0.327 e. The Morgan fingerprint density at radius 1 is 1.43 bits per heavy atom. The molecular formula is C12H17NS. The number of thiophene rings is 1. The van der Waals surface area contributed by atoms with Crippen molar-refractivity contribution in [3.63, 3.8) is 0 Å². The Bertz CT molecular complexity index is 356. The first kappa shape index (κ1) is 8.93. The Morgan fingerprint density at radius 2 is 2.14 bits per heavy atom. The van der Waals surface area contributed by atoms with E-state index in [1.807, 2.05) is 11.3 Å². The lowest BCUT2D eigenvalue weighted by molar-refractivity contribution is 0.601. The van der Waals surface area contributed by atoms with E-state index in [1.54, 1.807) is 15.3 Å². The molecule has 2 aliphatic rings. The summed E-state index contributed by atoms with van der Waals surface area (Å²) < 4.78 is 0. The Balaban J connectivity index is 1.93. The van der Waals surface area contributed by atoms with E-state index < -0.39 is 0 Å². The second-order valence-corrected chi connectivity index (χ2v) is 6.44. The van der Waals surface area contributed by atoms with Crippen LogP contribution in [0.5, 0.6) is 0 Å². The van der Waals surface area contributed by atoms with Crippen LogP contribution >= 0.6 is 11.3 Å². The number of aryl methyl sites for hydroxylation is 2. The predicted molar refractivity (Wildman–Crippen MR) is 60.8 cm³/mol. The molecule has 0 aliphatic heterocycles. The average Bonchev–Trinajstić information content (AvgIpc) is 2.54. The standard InChI is InChI=1S/C12H17NS/c1-12(2)10(11(12)13)9-6-7-4-3-5-8(7)14-9/h6,10-11H,3-5,13H2,1-2H3/t10-,11-/m1/s1. The fourth-order valence-electron chi connectivity index (χ4n) is 2.73. The van der Waals surface area contributed by atoms with E-state index >= 15 is 0 Å². The van der Waals surface area contributed by atoms with Crippen LogP contribution < -0.4 is 5.73 Å². The molecule has 0 aromatic carbocycles. The molecule has 76 valence electrons. The first-order chi connectivity index (χ1) is 6.60. The quantitative estimate of drug-likeness (QED) is 0.753. The third-order valence-corrected chi connectivity index (χ3v) is 5.30. The molecule has 0 unspecified atom stereocenters. The predicted octanol–water partition coefficient (Wildman–Crippen LogP) is 2.69. The lowest BCUT2D eigenvalue weighted by Crippen LogP contribution is -2.06. The summed E-state index contributed by atoms with van der Waals surface area (Å²) in [6, 6.07) is 2.81.